The van der Waals surface area contributed by atoms with E-state index in [1.807, 2.05) is 0 Å². The molecule has 1 aromatic carbocycles. The van der Waals surface area contributed by atoms with Crippen molar-refractivity contribution in [2.45, 2.75) is 6.42 Å². The third kappa shape index (κ3) is 1.25. The lowest BCUT2D eigenvalue weighted by Gasteiger charge is -2.11. The average molecular weight is 208 g/mol. The van der Waals surface area contributed by atoms with E-state index in [9.17, 15) is 0 Å². The minimum absolute atomic E-state index is 1.05. The van der Waals surface area contributed by atoms with Crippen LogP contribution in [0.2, 0.25) is 0 Å². The summed E-state index contributed by atoms with van der Waals surface area (Å²) in [5.74, 6) is 0. The first-order valence-corrected chi connectivity index (χ1v) is 4.44. The van der Waals surface area contributed by atoms with Gasteiger partial charge in [0.05, 0.1) is 0 Å². The third-order valence-corrected chi connectivity index (χ3v) is 2.63. The van der Waals surface area contributed by atoms with Crippen molar-refractivity contribution < 1.29 is 0 Å². The summed E-state index contributed by atoms with van der Waals surface area (Å²) in [6.45, 7) is 0. The Morgan fingerprint density at radius 2 is 2.18 bits per heavy atom. The van der Waals surface area contributed by atoms with Crippen LogP contribution in [0.5, 0.6) is 0 Å². The SMILES string of the molecule is Brc1cccc2c1CC=C[CH]2. The highest BCUT2D eigenvalue weighted by atomic mass is 79.9. The molecule has 0 atom stereocenters. The zero-order valence-electron chi connectivity index (χ0n) is 6.05. The first-order valence-electron chi connectivity index (χ1n) is 3.65. The molecule has 0 aliphatic heterocycles. The second-order valence-corrected chi connectivity index (χ2v) is 3.46. The van der Waals surface area contributed by atoms with Crippen LogP contribution in [0.3, 0.4) is 0 Å². The van der Waals surface area contributed by atoms with Crippen LogP contribution in [0.25, 0.3) is 0 Å². The van der Waals surface area contributed by atoms with Gasteiger partial charge in [-0.2, -0.15) is 0 Å². The molecule has 0 N–H and O–H groups in total. The molecule has 0 saturated carbocycles. The standard InChI is InChI=1S/C10H8Br/c11-10-7-3-5-8-4-1-2-6-9(8)10/h1-5,7H,6H2. The van der Waals surface area contributed by atoms with Crippen molar-refractivity contribution in [3.05, 3.63) is 52.4 Å². The van der Waals surface area contributed by atoms with E-state index in [4.69, 9.17) is 0 Å². The Labute approximate surface area is 75.1 Å². The van der Waals surface area contributed by atoms with Crippen molar-refractivity contribution in [2.75, 3.05) is 0 Å². The number of hydrogen-bond acceptors (Lipinski definition) is 0. The van der Waals surface area contributed by atoms with Gasteiger partial charge in [-0.05, 0) is 23.6 Å². The lowest BCUT2D eigenvalue weighted by Crippen LogP contribution is -1.95. The van der Waals surface area contributed by atoms with Crippen molar-refractivity contribution >= 4 is 15.9 Å². The fraction of sp³-hybridized carbons (Fsp3) is 0.100. The Morgan fingerprint density at radius 3 is 3.00 bits per heavy atom. The van der Waals surface area contributed by atoms with Gasteiger partial charge in [0.15, 0.2) is 0 Å². The van der Waals surface area contributed by atoms with Gasteiger partial charge >= 0.3 is 0 Å². The van der Waals surface area contributed by atoms with Gasteiger partial charge in [-0.15, -0.1) is 0 Å². The topological polar surface area (TPSA) is 0 Å². The molecule has 1 aliphatic rings. The summed E-state index contributed by atoms with van der Waals surface area (Å²) in [5, 5.41) is 0. The molecular weight excluding hydrogens is 200 g/mol. The number of benzene rings is 1. The number of fused-ring (bicyclic) bond motifs is 1. The number of hydrogen-bond donors (Lipinski definition) is 0. The summed E-state index contributed by atoms with van der Waals surface area (Å²) in [4.78, 5) is 0. The Balaban J connectivity index is 2.54. The normalized spacial score (nSPS) is 14.6. The van der Waals surface area contributed by atoms with Gasteiger partial charge in [0, 0.05) is 10.9 Å². The minimum Gasteiger partial charge on any atom is -0.0834 e. The first kappa shape index (κ1) is 7.11. The van der Waals surface area contributed by atoms with Gasteiger partial charge in [0.2, 0.25) is 0 Å². The van der Waals surface area contributed by atoms with Crippen LogP contribution < -0.4 is 0 Å². The van der Waals surface area contributed by atoms with Crippen molar-refractivity contribution in [1.29, 1.82) is 0 Å². The summed E-state index contributed by atoms with van der Waals surface area (Å²) in [7, 11) is 0. The van der Waals surface area contributed by atoms with Crippen molar-refractivity contribution in [1.82, 2.24) is 0 Å². The maximum Gasteiger partial charge on any atom is 0.0213 e. The molecule has 1 aliphatic carbocycles. The van der Waals surface area contributed by atoms with Gasteiger partial charge in [0.1, 0.15) is 0 Å². The minimum atomic E-state index is 1.05. The fourth-order valence-corrected chi connectivity index (χ4v) is 1.85. The van der Waals surface area contributed by atoms with Gasteiger partial charge in [-0.25, -0.2) is 0 Å². The van der Waals surface area contributed by atoms with E-state index < -0.39 is 0 Å². The number of rotatable bonds is 0. The summed E-state index contributed by atoms with van der Waals surface area (Å²) in [6.07, 6.45) is 7.47. The molecule has 55 valence electrons. The van der Waals surface area contributed by atoms with E-state index in [2.05, 4.69) is 52.7 Å². The molecule has 0 unspecified atom stereocenters. The molecule has 1 radical (unpaired) electrons. The quantitative estimate of drug-likeness (QED) is 0.614. The van der Waals surface area contributed by atoms with E-state index in [-0.39, 0.29) is 0 Å². The van der Waals surface area contributed by atoms with Crippen LogP contribution in [0.15, 0.2) is 34.8 Å². The summed E-state index contributed by atoms with van der Waals surface area (Å²) in [5.41, 5.74) is 2.73. The molecule has 0 saturated heterocycles. The Morgan fingerprint density at radius 1 is 1.27 bits per heavy atom. The molecule has 11 heavy (non-hydrogen) atoms. The number of halogens is 1. The van der Waals surface area contributed by atoms with Gasteiger partial charge in [0.25, 0.3) is 0 Å². The molecule has 1 heteroatoms. The highest BCUT2D eigenvalue weighted by molar-refractivity contribution is 9.10. The summed E-state index contributed by atoms with van der Waals surface area (Å²) >= 11 is 3.53. The molecule has 0 bridgehead atoms. The second kappa shape index (κ2) is 2.82. The predicted molar refractivity (Wildman–Crippen MR) is 50.4 cm³/mol. The predicted octanol–water partition coefficient (Wildman–Crippen LogP) is 3.11. The van der Waals surface area contributed by atoms with Crippen LogP contribution in [-0.4, -0.2) is 0 Å². The second-order valence-electron chi connectivity index (χ2n) is 2.61. The van der Waals surface area contributed by atoms with E-state index >= 15 is 0 Å². The van der Waals surface area contributed by atoms with Crippen LogP contribution >= 0.6 is 15.9 Å². The number of allylic oxidation sites excluding steroid dienone is 2. The van der Waals surface area contributed by atoms with Crippen LogP contribution in [0.1, 0.15) is 11.1 Å². The maximum absolute atomic E-state index is 3.53. The molecule has 1 aromatic rings. The van der Waals surface area contributed by atoms with Crippen LogP contribution in [0, 0.1) is 6.42 Å². The lowest BCUT2D eigenvalue weighted by molar-refractivity contribution is 1.18. The molecule has 0 amide bonds. The molecule has 0 aromatic heterocycles. The summed E-state index contributed by atoms with van der Waals surface area (Å²) < 4.78 is 1.22. The van der Waals surface area contributed by atoms with Crippen molar-refractivity contribution in [3.8, 4) is 0 Å². The molecule has 0 heterocycles. The Kier molecular flexibility index (Phi) is 1.82. The first-order chi connectivity index (χ1) is 5.38. The van der Waals surface area contributed by atoms with E-state index in [1.54, 1.807) is 0 Å². The van der Waals surface area contributed by atoms with Crippen LogP contribution in [-0.2, 0) is 6.42 Å². The van der Waals surface area contributed by atoms with Crippen molar-refractivity contribution in [2.24, 2.45) is 0 Å². The Bertz CT molecular complexity index is 300. The molecular formula is C10H8Br. The fourth-order valence-electron chi connectivity index (χ4n) is 1.30. The maximum atomic E-state index is 3.53. The van der Waals surface area contributed by atoms with Crippen LogP contribution in [0.4, 0.5) is 0 Å². The van der Waals surface area contributed by atoms with Gasteiger partial charge in [-0.1, -0.05) is 40.2 Å². The van der Waals surface area contributed by atoms with E-state index in [1.165, 1.54) is 15.6 Å². The smallest absolute Gasteiger partial charge is 0.0213 e. The highest BCUT2D eigenvalue weighted by Gasteiger charge is 2.06. The zero-order valence-corrected chi connectivity index (χ0v) is 7.64. The molecule has 0 fully saturated rings. The monoisotopic (exact) mass is 207 g/mol. The largest absolute Gasteiger partial charge is 0.0834 e. The Hall–Kier alpha value is -0.560. The van der Waals surface area contributed by atoms with E-state index in [0.29, 0.717) is 0 Å². The molecule has 2 rings (SSSR count). The summed E-state index contributed by atoms with van der Waals surface area (Å²) in [6, 6.07) is 6.30. The van der Waals surface area contributed by atoms with E-state index in [0.717, 1.165) is 6.42 Å². The lowest BCUT2D eigenvalue weighted by atomic mass is 9.97. The molecule has 0 spiro atoms. The van der Waals surface area contributed by atoms with Gasteiger partial charge in [-0.3, -0.25) is 0 Å². The van der Waals surface area contributed by atoms with Gasteiger partial charge < -0.3 is 0 Å². The zero-order chi connectivity index (χ0) is 7.68. The highest BCUT2D eigenvalue weighted by Crippen LogP contribution is 2.25. The van der Waals surface area contributed by atoms with Crippen molar-refractivity contribution in [3.63, 3.8) is 0 Å². The average Bonchev–Trinajstić information content (AvgIpc) is 2.06. The molecule has 0 nitrogen and oxygen atoms in total. The third-order valence-electron chi connectivity index (χ3n) is 1.89.